The first-order valence-electron chi connectivity index (χ1n) is 5.71. The largest absolute Gasteiger partial charge is 0.493 e. The van der Waals surface area contributed by atoms with Gasteiger partial charge in [-0.05, 0) is 19.1 Å². The van der Waals surface area contributed by atoms with Crippen molar-refractivity contribution in [2.24, 2.45) is 5.73 Å². The van der Waals surface area contributed by atoms with Crippen LogP contribution >= 0.6 is 0 Å². The summed E-state index contributed by atoms with van der Waals surface area (Å²) in [5, 5.41) is 0. The van der Waals surface area contributed by atoms with Crippen LogP contribution in [0.25, 0.3) is 11.1 Å². The molecule has 0 aliphatic heterocycles. The number of nitrogens with zero attached hydrogens (tertiary/aromatic N) is 1. The number of pyridine rings is 1. The maximum Gasteiger partial charge on any atom is 0.267 e. The average molecular weight is 242 g/mol. The maximum atomic E-state index is 11.4. The summed E-state index contributed by atoms with van der Waals surface area (Å²) in [5.74, 6) is 0.174. The van der Waals surface area contributed by atoms with Crippen molar-refractivity contribution in [2.75, 3.05) is 6.61 Å². The van der Waals surface area contributed by atoms with Crippen molar-refractivity contribution in [2.45, 2.75) is 6.92 Å². The molecule has 0 aliphatic carbocycles. The lowest BCUT2D eigenvalue weighted by Gasteiger charge is -2.11. The van der Waals surface area contributed by atoms with E-state index in [1.807, 2.05) is 37.3 Å². The molecule has 1 heterocycles. The van der Waals surface area contributed by atoms with E-state index in [0.29, 0.717) is 12.2 Å². The van der Waals surface area contributed by atoms with E-state index in [-0.39, 0.29) is 5.69 Å². The highest BCUT2D eigenvalue weighted by molar-refractivity contribution is 5.98. The number of hydrogen-bond acceptors (Lipinski definition) is 3. The highest BCUT2D eigenvalue weighted by Gasteiger charge is 2.14. The highest BCUT2D eigenvalue weighted by Crippen LogP contribution is 2.31. The topological polar surface area (TPSA) is 65.2 Å². The molecule has 1 amide bonds. The van der Waals surface area contributed by atoms with Gasteiger partial charge >= 0.3 is 0 Å². The average Bonchev–Trinajstić information content (AvgIpc) is 2.40. The zero-order valence-electron chi connectivity index (χ0n) is 10.1. The van der Waals surface area contributed by atoms with E-state index in [4.69, 9.17) is 10.5 Å². The molecule has 2 rings (SSSR count). The van der Waals surface area contributed by atoms with Crippen LogP contribution in [0.2, 0.25) is 0 Å². The van der Waals surface area contributed by atoms with Gasteiger partial charge in [0.25, 0.3) is 5.91 Å². The lowest BCUT2D eigenvalue weighted by atomic mass is 10.0. The van der Waals surface area contributed by atoms with Gasteiger partial charge in [0.15, 0.2) is 0 Å². The molecule has 0 aliphatic rings. The van der Waals surface area contributed by atoms with Gasteiger partial charge < -0.3 is 10.5 Å². The zero-order chi connectivity index (χ0) is 13.0. The molecule has 0 bridgehead atoms. The van der Waals surface area contributed by atoms with Gasteiger partial charge in [-0.2, -0.15) is 0 Å². The number of primary amides is 1. The molecular formula is C14H14N2O2. The molecule has 0 saturated heterocycles. The summed E-state index contributed by atoms with van der Waals surface area (Å²) >= 11 is 0. The van der Waals surface area contributed by atoms with Crippen LogP contribution in [0.1, 0.15) is 17.4 Å². The van der Waals surface area contributed by atoms with Crippen molar-refractivity contribution in [3.63, 3.8) is 0 Å². The second-order valence-corrected chi connectivity index (χ2v) is 3.69. The molecule has 4 heteroatoms. The van der Waals surface area contributed by atoms with Crippen molar-refractivity contribution in [1.82, 2.24) is 4.98 Å². The molecule has 0 saturated carbocycles. The Balaban J connectivity index is 2.58. The predicted molar refractivity (Wildman–Crippen MR) is 69.4 cm³/mol. The van der Waals surface area contributed by atoms with Crippen LogP contribution in [-0.2, 0) is 0 Å². The second-order valence-electron chi connectivity index (χ2n) is 3.69. The minimum atomic E-state index is -0.545. The van der Waals surface area contributed by atoms with E-state index in [1.54, 1.807) is 12.3 Å². The monoisotopic (exact) mass is 242 g/mol. The Morgan fingerprint density at radius 3 is 2.67 bits per heavy atom. The van der Waals surface area contributed by atoms with Gasteiger partial charge in [0.05, 0.1) is 6.61 Å². The fraction of sp³-hybridized carbons (Fsp3) is 0.143. The van der Waals surface area contributed by atoms with E-state index in [0.717, 1.165) is 11.3 Å². The number of hydrogen-bond donors (Lipinski definition) is 1. The Labute approximate surface area is 105 Å². The highest BCUT2D eigenvalue weighted by atomic mass is 16.5. The molecule has 1 aromatic heterocycles. The smallest absolute Gasteiger partial charge is 0.267 e. The van der Waals surface area contributed by atoms with Crippen LogP contribution < -0.4 is 10.5 Å². The first-order chi connectivity index (χ1) is 8.74. The van der Waals surface area contributed by atoms with E-state index < -0.39 is 5.91 Å². The lowest BCUT2D eigenvalue weighted by Crippen LogP contribution is -2.14. The zero-order valence-corrected chi connectivity index (χ0v) is 10.1. The normalized spacial score (nSPS) is 10.1. The summed E-state index contributed by atoms with van der Waals surface area (Å²) in [6.45, 7) is 2.47. The van der Waals surface area contributed by atoms with Gasteiger partial charge in [-0.1, -0.05) is 24.3 Å². The Morgan fingerprint density at radius 2 is 1.94 bits per heavy atom. The molecule has 0 radical (unpaired) electrons. The number of carbonyl (C=O) groups excluding carboxylic acids is 1. The summed E-state index contributed by atoms with van der Waals surface area (Å²) in [7, 11) is 0. The van der Waals surface area contributed by atoms with Crippen molar-refractivity contribution in [3.05, 3.63) is 48.3 Å². The number of benzene rings is 1. The number of para-hydroxylation sites is 1. The van der Waals surface area contributed by atoms with Crippen LogP contribution in [0.3, 0.4) is 0 Å². The Kier molecular flexibility index (Phi) is 3.57. The number of amides is 1. The van der Waals surface area contributed by atoms with Gasteiger partial charge in [0, 0.05) is 17.3 Å². The molecule has 0 fully saturated rings. The second kappa shape index (κ2) is 5.31. The first-order valence-corrected chi connectivity index (χ1v) is 5.71. The van der Waals surface area contributed by atoms with E-state index in [1.165, 1.54) is 0 Å². The van der Waals surface area contributed by atoms with E-state index in [9.17, 15) is 4.79 Å². The summed E-state index contributed by atoms with van der Waals surface area (Å²) < 4.78 is 5.55. The van der Waals surface area contributed by atoms with Crippen molar-refractivity contribution >= 4 is 5.91 Å². The third kappa shape index (κ3) is 2.32. The van der Waals surface area contributed by atoms with E-state index >= 15 is 0 Å². The molecule has 2 aromatic rings. The van der Waals surface area contributed by atoms with Gasteiger partial charge in [0.2, 0.25) is 0 Å². The van der Waals surface area contributed by atoms with Gasteiger partial charge in [0.1, 0.15) is 11.4 Å². The van der Waals surface area contributed by atoms with Crippen LogP contribution in [0.15, 0.2) is 42.6 Å². The van der Waals surface area contributed by atoms with Crippen LogP contribution in [-0.4, -0.2) is 17.5 Å². The molecule has 2 N–H and O–H groups in total. The third-order valence-corrected chi connectivity index (χ3v) is 2.52. The van der Waals surface area contributed by atoms with Crippen molar-refractivity contribution in [1.29, 1.82) is 0 Å². The number of rotatable bonds is 4. The van der Waals surface area contributed by atoms with Gasteiger partial charge in [-0.25, -0.2) is 0 Å². The van der Waals surface area contributed by atoms with Crippen molar-refractivity contribution in [3.8, 4) is 16.9 Å². The third-order valence-electron chi connectivity index (χ3n) is 2.52. The summed E-state index contributed by atoms with van der Waals surface area (Å²) in [6, 6.07) is 11.1. The lowest BCUT2D eigenvalue weighted by molar-refractivity contribution is 0.0996. The maximum absolute atomic E-state index is 11.4. The van der Waals surface area contributed by atoms with Gasteiger partial charge in [-0.3, -0.25) is 9.78 Å². The molecule has 1 aromatic carbocycles. The molecule has 0 atom stereocenters. The Hall–Kier alpha value is -2.36. The quantitative estimate of drug-likeness (QED) is 0.894. The van der Waals surface area contributed by atoms with Crippen molar-refractivity contribution < 1.29 is 9.53 Å². The number of ether oxygens (including phenoxy) is 1. The Morgan fingerprint density at radius 1 is 1.22 bits per heavy atom. The number of carbonyl (C=O) groups is 1. The molecule has 18 heavy (non-hydrogen) atoms. The first kappa shape index (κ1) is 12.1. The SMILES string of the molecule is CCOc1ccccc1-c1cccnc1C(N)=O. The van der Waals surface area contributed by atoms with Gasteiger partial charge in [-0.15, -0.1) is 0 Å². The number of aromatic nitrogens is 1. The fourth-order valence-corrected chi connectivity index (χ4v) is 1.79. The summed E-state index contributed by atoms with van der Waals surface area (Å²) in [6.07, 6.45) is 1.55. The molecular weight excluding hydrogens is 228 g/mol. The molecule has 0 spiro atoms. The van der Waals surface area contributed by atoms with Crippen LogP contribution in [0.4, 0.5) is 0 Å². The van der Waals surface area contributed by atoms with E-state index in [2.05, 4.69) is 4.98 Å². The standard InChI is InChI=1S/C14H14N2O2/c1-2-18-12-8-4-3-6-10(12)11-7-5-9-16-13(11)14(15)17/h3-9H,2H2,1H3,(H2,15,17). The molecule has 92 valence electrons. The minimum absolute atomic E-state index is 0.254. The fourth-order valence-electron chi connectivity index (χ4n) is 1.79. The number of nitrogens with two attached hydrogens (primary N) is 1. The van der Waals surface area contributed by atoms with Crippen LogP contribution in [0, 0.1) is 0 Å². The minimum Gasteiger partial charge on any atom is -0.493 e. The predicted octanol–water partition coefficient (Wildman–Crippen LogP) is 2.25. The summed E-state index contributed by atoms with van der Waals surface area (Å²) in [5.41, 5.74) is 7.10. The van der Waals surface area contributed by atoms with Crippen LogP contribution in [0.5, 0.6) is 5.75 Å². The summed E-state index contributed by atoms with van der Waals surface area (Å²) in [4.78, 5) is 15.4. The Bertz CT molecular complexity index is 567. The molecule has 4 nitrogen and oxygen atoms in total. The molecule has 0 unspecified atom stereocenters.